The molecule has 0 radical (unpaired) electrons. The van der Waals surface area contributed by atoms with Crippen molar-refractivity contribution in [1.82, 2.24) is 10.2 Å². The Bertz CT molecular complexity index is 1040. The van der Waals surface area contributed by atoms with Crippen molar-refractivity contribution in [3.05, 3.63) is 59.7 Å². The molecule has 7 heteroatoms. The molecule has 0 spiro atoms. The number of likely N-dealkylation sites (tertiary alicyclic amines) is 1. The number of alkyl carbamates (subject to hydrolysis) is 1. The number of nitrogens with zero attached hydrogens (tertiary/aromatic N) is 1. The summed E-state index contributed by atoms with van der Waals surface area (Å²) in [7, 11) is 0. The molecule has 174 valence electrons. The van der Waals surface area contributed by atoms with Crippen LogP contribution < -0.4 is 5.32 Å². The minimum Gasteiger partial charge on any atom is -0.480 e. The van der Waals surface area contributed by atoms with Crippen molar-refractivity contribution in [2.24, 2.45) is 5.92 Å². The van der Waals surface area contributed by atoms with Crippen molar-refractivity contribution in [3.8, 4) is 11.1 Å². The molecule has 2 aromatic rings. The number of fused-ring (bicyclic) bond motifs is 3. The number of hydrogen-bond acceptors (Lipinski definition) is 4. The maximum absolute atomic E-state index is 13.2. The van der Waals surface area contributed by atoms with Gasteiger partial charge in [-0.2, -0.15) is 0 Å². The molecule has 0 aromatic heterocycles. The van der Waals surface area contributed by atoms with Gasteiger partial charge in [-0.15, -0.1) is 0 Å². The molecule has 1 fully saturated rings. The second kappa shape index (κ2) is 8.89. The summed E-state index contributed by atoms with van der Waals surface area (Å²) in [5.41, 5.74) is 3.24. The Morgan fingerprint density at radius 1 is 1.09 bits per heavy atom. The summed E-state index contributed by atoms with van der Waals surface area (Å²) < 4.78 is 5.60. The Morgan fingerprint density at radius 2 is 1.67 bits per heavy atom. The summed E-state index contributed by atoms with van der Waals surface area (Å²) in [6.45, 7) is 5.71. The molecule has 7 nitrogen and oxygen atoms in total. The van der Waals surface area contributed by atoms with Gasteiger partial charge in [0, 0.05) is 12.5 Å². The number of carboxylic acids is 1. The third-order valence-electron chi connectivity index (χ3n) is 6.92. The Kier molecular flexibility index (Phi) is 6.15. The van der Waals surface area contributed by atoms with Gasteiger partial charge in [-0.25, -0.2) is 9.59 Å². The highest BCUT2D eigenvalue weighted by molar-refractivity contribution is 5.92. The van der Waals surface area contributed by atoms with Gasteiger partial charge in [0.25, 0.3) is 0 Å². The number of benzene rings is 2. The fourth-order valence-corrected chi connectivity index (χ4v) is 4.99. The van der Waals surface area contributed by atoms with Crippen LogP contribution in [0.1, 0.15) is 50.7 Å². The molecule has 0 saturated carbocycles. The first kappa shape index (κ1) is 22.8. The van der Waals surface area contributed by atoms with Gasteiger partial charge in [0.05, 0.1) is 0 Å². The van der Waals surface area contributed by atoms with E-state index in [4.69, 9.17) is 4.74 Å². The molecule has 1 aliphatic carbocycles. The lowest BCUT2D eigenvalue weighted by Crippen LogP contribution is -2.58. The second-order valence-electron chi connectivity index (χ2n) is 9.36. The van der Waals surface area contributed by atoms with Crippen LogP contribution in [0.5, 0.6) is 0 Å². The van der Waals surface area contributed by atoms with E-state index in [0.717, 1.165) is 22.3 Å². The number of nitrogens with one attached hydrogen (secondary N) is 1. The molecule has 0 bridgehead atoms. The summed E-state index contributed by atoms with van der Waals surface area (Å²) in [5, 5.41) is 12.4. The van der Waals surface area contributed by atoms with Crippen molar-refractivity contribution in [1.29, 1.82) is 0 Å². The molecule has 4 rings (SSSR count). The molecule has 2 atom stereocenters. The summed E-state index contributed by atoms with van der Waals surface area (Å²) in [4.78, 5) is 39.1. The SMILES string of the molecule is CC(C)[C@H](NC(=O)OCC1c2ccccc2-c2ccccc21)C(=O)N1CCC[C@]1(C)C(=O)O. The zero-order valence-corrected chi connectivity index (χ0v) is 19.2. The lowest BCUT2D eigenvalue weighted by atomic mass is 9.96. The van der Waals surface area contributed by atoms with Gasteiger partial charge >= 0.3 is 12.1 Å². The molecule has 33 heavy (non-hydrogen) atoms. The lowest BCUT2D eigenvalue weighted by Gasteiger charge is -2.35. The summed E-state index contributed by atoms with van der Waals surface area (Å²) in [5.74, 6) is -1.72. The number of aliphatic carboxylic acids is 1. The van der Waals surface area contributed by atoms with Crippen LogP contribution in [-0.4, -0.2) is 52.7 Å². The summed E-state index contributed by atoms with van der Waals surface area (Å²) >= 11 is 0. The van der Waals surface area contributed by atoms with Crippen LogP contribution in [0.15, 0.2) is 48.5 Å². The second-order valence-corrected chi connectivity index (χ2v) is 9.36. The van der Waals surface area contributed by atoms with Crippen LogP contribution in [0.25, 0.3) is 11.1 Å². The predicted molar refractivity (Wildman–Crippen MR) is 124 cm³/mol. The van der Waals surface area contributed by atoms with Crippen molar-refractivity contribution in [3.63, 3.8) is 0 Å². The van der Waals surface area contributed by atoms with Gasteiger partial charge in [-0.1, -0.05) is 62.4 Å². The van der Waals surface area contributed by atoms with E-state index >= 15 is 0 Å². The highest BCUT2D eigenvalue weighted by Gasteiger charge is 2.48. The van der Waals surface area contributed by atoms with E-state index < -0.39 is 23.6 Å². The first-order valence-electron chi connectivity index (χ1n) is 11.4. The molecule has 0 unspecified atom stereocenters. The van der Waals surface area contributed by atoms with Crippen LogP contribution in [0.4, 0.5) is 4.79 Å². The average Bonchev–Trinajstić information content (AvgIpc) is 3.34. The number of rotatable bonds is 6. The Hall–Kier alpha value is -3.35. The third kappa shape index (κ3) is 4.08. The van der Waals surface area contributed by atoms with Crippen molar-refractivity contribution in [2.45, 2.75) is 51.1 Å². The predicted octanol–water partition coefficient (Wildman–Crippen LogP) is 4.02. The first-order valence-corrected chi connectivity index (χ1v) is 11.4. The smallest absolute Gasteiger partial charge is 0.407 e. The largest absolute Gasteiger partial charge is 0.480 e. The fraction of sp³-hybridized carbons (Fsp3) is 0.423. The van der Waals surface area contributed by atoms with E-state index in [1.807, 2.05) is 50.2 Å². The van der Waals surface area contributed by atoms with E-state index in [0.29, 0.717) is 19.4 Å². The quantitative estimate of drug-likeness (QED) is 0.693. The van der Waals surface area contributed by atoms with Gasteiger partial charge in [-0.05, 0) is 47.9 Å². The Morgan fingerprint density at radius 3 is 2.21 bits per heavy atom. The molecule has 1 heterocycles. The third-order valence-corrected chi connectivity index (χ3v) is 6.92. The number of ether oxygens (including phenoxy) is 1. The number of amides is 2. The van der Waals surface area contributed by atoms with Crippen molar-refractivity contribution in [2.75, 3.05) is 13.2 Å². The van der Waals surface area contributed by atoms with Crippen LogP contribution in [0.2, 0.25) is 0 Å². The van der Waals surface area contributed by atoms with Crippen molar-refractivity contribution >= 4 is 18.0 Å². The van der Waals surface area contributed by atoms with Crippen molar-refractivity contribution < 1.29 is 24.2 Å². The number of carbonyl (C=O) groups excluding carboxylic acids is 2. The van der Waals surface area contributed by atoms with E-state index in [1.165, 1.54) is 4.90 Å². The highest BCUT2D eigenvalue weighted by Crippen LogP contribution is 2.44. The average molecular weight is 451 g/mol. The molecular formula is C26H30N2O5. The number of carboxylic acid groups (broad SMARTS) is 1. The minimum atomic E-state index is -1.26. The van der Waals surface area contributed by atoms with E-state index in [1.54, 1.807) is 6.92 Å². The van der Waals surface area contributed by atoms with Crippen LogP contribution in [0.3, 0.4) is 0 Å². The first-order chi connectivity index (χ1) is 15.7. The van der Waals surface area contributed by atoms with E-state index in [2.05, 4.69) is 17.4 Å². The fourth-order valence-electron chi connectivity index (χ4n) is 4.99. The molecule has 2 aromatic carbocycles. The molecule has 2 N–H and O–H groups in total. The van der Waals surface area contributed by atoms with Gasteiger partial charge in [0.15, 0.2) is 0 Å². The van der Waals surface area contributed by atoms with E-state index in [9.17, 15) is 19.5 Å². The number of carbonyl (C=O) groups is 3. The number of hydrogen-bond donors (Lipinski definition) is 2. The van der Waals surface area contributed by atoms with Crippen LogP contribution >= 0.6 is 0 Å². The van der Waals surface area contributed by atoms with Gasteiger partial charge < -0.3 is 20.1 Å². The molecule has 2 amide bonds. The molecule has 1 aliphatic heterocycles. The minimum absolute atomic E-state index is 0.0785. The Labute approximate surface area is 193 Å². The molecular weight excluding hydrogens is 420 g/mol. The lowest BCUT2D eigenvalue weighted by molar-refractivity contribution is -0.156. The zero-order valence-electron chi connectivity index (χ0n) is 19.2. The molecule has 2 aliphatic rings. The maximum atomic E-state index is 13.2. The normalized spacial score (nSPS) is 20.3. The highest BCUT2D eigenvalue weighted by atomic mass is 16.5. The molecule has 1 saturated heterocycles. The zero-order chi connectivity index (χ0) is 23.8. The maximum Gasteiger partial charge on any atom is 0.407 e. The topological polar surface area (TPSA) is 95.9 Å². The van der Waals surface area contributed by atoms with E-state index in [-0.39, 0.29) is 24.3 Å². The van der Waals surface area contributed by atoms with Crippen LogP contribution in [-0.2, 0) is 14.3 Å². The monoisotopic (exact) mass is 450 g/mol. The van der Waals surface area contributed by atoms with Crippen LogP contribution in [0, 0.1) is 5.92 Å². The standard InChI is InChI=1S/C26H30N2O5/c1-16(2)22(23(29)28-14-8-13-26(28,3)24(30)31)27-25(32)33-15-21-19-11-6-4-9-17(19)18-10-5-7-12-20(18)21/h4-7,9-12,16,21-22H,8,13-15H2,1-3H3,(H,27,32)(H,30,31)/t22-,26+/m0/s1. The summed E-state index contributed by atoms with van der Waals surface area (Å²) in [6, 6.07) is 15.3. The van der Waals surface area contributed by atoms with Gasteiger partial charge in [0.1, 0.15) is 18.2 Å². The van der Waals surface area contributed by atoms with Gasteiger partial charge in [0.2, 0.25) is 5.91 Å². The van der Waals surface area contributed by atoms with Gasteiger partial charge in [-0.3, -0.25) is 4.79 Å². The summed E-state index contributed by atoms with van der Waals surface area (Å²) in [6.07, 6.45) is 0.328. The Balaban J connectivity index is 1.46.